The second-order valence-corrected chi connectivity index (χ2v) is 3.23. The molecule has 0 aliphatic carbocycles. The first-order valence-corrected chi connectivity index (χ1v) is 4.55. The third kappa shape index (κ3) is 1.98. The van der Waals surface area contributed by atoms with E-state index in [9.17, 15) is 14.9 Å². The summed E-state index contributed by atoms with van der Waals surface area (Å²) >= 11 is 0. The summed E-state index contributed by atoms with van der Waals surface area (Å²) in [5.74, 6) is -1.15. The van der Waals surface area contributed by atoms with Crippen molar-refractivity contribution < 1.29 is 14.8 Å². The van der Waals surface area contributed by atoms with Crippen LogP contribution in [0.5, 0.6) is 0 Å². The Bertz CT molecular complexity index is 408. The minimum absolute atomic E-state index is 0.0508. The lowest BCUT2D eigenvalue weighted by Gasteiger charge is -2.02. The number of hydrogen-bond donors (Lipinski definition) is 1. The van der Waals surface area contributed by atoms with Crippen LogP contribution in [0.2, 0.25) is 0 Å². The van der Waals surface area contributed by atoms with Crippen LogP contribution in [0.25, 0.3) is 0 Å². The highest BCUT2D eigenvalue weighted by Crippen LogP contribution is 2.24. The SMILES string of the molecule is CCCc1c([N+](=O)[O-])cc(C(=O)O)n1C. The number of carboxylic acid groups (broad SMARTS) is 1. The second kappa shape index (κ2) is 4.12. The highest BCUT2D eigenvalue weighted by atomic mass is 16.6. The van der Waals surface area contributed by atoms with Gasteiger partial charge >= 0.3 is 5.97 Å². The Labute approximate surface area is 86.3 Å². The van der Waals surface area contributed by atoms with E-state index in [0.717, 1.165) is 12.5 Å². The number of nitro groups is 1. The van der Waals surface area contributed by atoms with Gasteiger partial charge in [-0.3, -0.25) is 10.1 Å². The minimum atomic E-state index is -1.15. The molecule has 1 aromatic rings. The maximum Gasteiger partial charge on any atom is 0.352 e. The number of carbonyl (C=O) groups is 1. The second-order valence-electron chi connectivity index (χ2n) is 3.23. The van der Waals surface area contributed by atoms with Gasteiger partial charge in [-0.1, -0.05) is 13.3 Å². The molecule has 6 nitrogen and oxygen atoms in total. The first-order chi connectivity index (χ1) is 6.99. The molecular formula is C9H12N2O4. The average Bonchev–Trinajstić information content (AvgIpc) is 2.45. The summed E-state index contributed by atoms with van der Waals surface area (Å²) in [4.78, 5) is 20.9. The topological polar surface area (TPSA) is 85.4 Å². The minimum Gasteiger partial charge on any atom is -0.477 e. The van der Waals surface area contributed by atoms with Crippen molar-refractivity contribution in [3.8, 4) is 0 Å². The number of rotatable bonds is 4. The zero-order chi connectivity index (χ0) is 11.6. The predicted molar refractivity (Wildman–Crippen MR) is 53.0 cm³/mol. The molecular weight excluding hydrogens is 200 g/mol. The molecule has 0 atom stereocenters. The van der Waals surface area contributed by atoms with Gasteiger partial charge in [-0.25, -0.2) is 4.79 Å². The van der Waals surface area contributed by atoms with Crippen LogP contribution >= 0.6 is 0 Å². The molecule has 1 rings (SSSR count). The maximum absolute atomic E-state index is 10.8. The summed E-state index contributed by atoms with van der Waals surface area (Å²) in [6.07, 6.45) is 1.23. The number of aromatic carboxylic acids is 1. The van der Waals surface area contributed by atoms with E-state index in [0.29, 0.717) is 12.1 Å². The maximum atomic E-state index is 10.8. The average molecular weight is 212 g/mol. The summed E-state index contributed by atoms with van der Waals surface area (Å²) in [6, 6.07) is 1.10. The van der Waals surface area contributed by atoms with Crippen molar-refractivity contribution in [3.63, 3.8) is 0 Å². The van der Waals surface area contributed by atoms with E-state index >= 15 is 0 Å². The molecule has 0 amide bonds. The van der Waals surface area contributed by atoms with Gasteiger partial charge in [-0.15, -0.1) is 0 Å². The molecule has 0 saturated heterocycles. The van der Waals surface area contributed by atoms with Gasteiger partial charge in [0.15, 0.2) is 0 Å². The van der Waals surface area contributed by atoms with Crippen molar-refractivity contribution in [2.45, 2.75) is 19.8 Å². The summed E-state index contributed by atoms with van der Waals surface area (Å²) in [5, 5.41) is 19.5. The zero-order valence-electron chi connectivity index (χ0n) is 8.56. The van der Waals surface area contributed by atoms with E-state index in [4.69, 9.17) is 5.11 Å². The number of carboxylic acids is 1. The monoisotopic (exact) mass is 212 g/mol. The van der Waals surface area contributed by atoms with E-state index in [1.807, 2.05) is 6.92 Å². The van der Waals surface area contributed by atoms with Crippen molar-refractivity contribution in [2.75, 3.05) is 0 Å². The molecule has 0 radical (unpaired) electrons. The van der Waals surface area contributed by atoms with Gasteiger partial charge in [0, 0.05) is 13.1 Å². The lowest BCUT2D eigenvalue weighted by Crippen LogP contribution is -2.07. The largest absolute Gasteiger partial charge is 0.477 e. The van der Waals surface area contributed by atoms with Crippen LogP contribution < -0.4 is 0 Å². The molecule has 82 valence electrons. The van der Waals surface area contributed by atoms with Gasteiger partial charge in [0.25, 0.3) is 5.69 Å². The number of hydrogen-bond acceptors (Lipinski definition) is 3. The standard InChI is InChI=1S/C9H12N2O4/c1-3-4-6-7(11(14)15)5-8(9(12)13)10(6)2/h5H,3-4H2,1-2H3,(H,12,13). The van der Waals surface area contributed by atoms with Crippen molar-refractivity contribution in [2.24, 2.45) is 7.05 Å². The summed E-state index contributed by atoms with van der Waals surface area (Å²) < 4.78 is 1.37. The smallest absolute Gasteiger partial charge is 0.352 e. The highest BCUT2D eigenvalue weighted by Gasteiger charge is 2.23. The van der Waals surface area contributed by atoms with Gasteiger partial charge in [-0.2, -0.15) is 0 Å². The normalized spacial score (nSPS) is 10.3. The molecule has 1 aromatic heterocycles. The Kier molecular flexibility index (Phi) is 3.08. The van der Waals surface area contributed by atoms with Crippen LogP contribution in [0.3, 0.4) is 0 Å². The van der Waals surface area contributed by atoms with Crippen LogP contribution in [0, 0.1) is 10.1 Å². The zero-order valence-corrected chi connectivity index (χ0v) is 8.56. The molecule has 0 fully saturated rings. The lowest BCUT2D eigenvalue weighted by atomic mass is 10.2. The van der Waals surface area contributed by atoms with E-state index in [2.05, 4.69) is 0 Å². The van der Waals surface area contributed by atoms with Gasteiger partial charge in [-0.05, 0) is 6.42 Å². The molecule has 0 aliphatic rings. The molecule has 0 aromatic carbocycles. The molecule has 1 N–H and O–H groups in total. The predicted octanol–water partition coefficient (Wildman–Crippen LogP) is 1.58. The van der Waals surface area contributed by atoms with Crippen molar-refractivity contribution in [1.82, 2.24) is 4.57 Å². The van der Waals surface area contributed by atoms with Crippen LogP contribution in [0.15, 0.2) is 6.07 Å². The van der Waals surface area contributed by atoms with Gasteiger partial charge in [0.05, 0.1) is 10.6 Å². The summed E-state index contributed by atoms with van der Waals surface area (Å²) in [7, 11) is 1.53. The molecule has 15 heavy (non-hydrogen) atoms. The quantitative estimate of drug-likeness (QED) is 0.606. The van der Waals surface area contributed by atoms with Gasteiger partial charge < -0.3 is 9.67 Å². The highest BCUT2D eigenvalue weighted by molar-refractivity contribution is 5.87. The fourth-order valence-electron chi connectivity index (χ4n) is 1.52. The number of nitrogens with zero attached hydrogens (tertiary/aromatic N) is 2. The molecule has 0 spiro atoms. The van der Waals surface area contributed by atoms with Crippen LogP contribution in [0.1, 0.15) is 29.5 Å². The Morgan fingerprint density at radius 2 is 2.27 bits per heavy atom. The molecule has 1 heterocycles. The number of aromatic nitrogens is 1. The molecule has 0 aliphatic heterocycles. The third-order valence-electron chi connectivity index (χ3n) is 2.24. The molecule has 0 unspecified atom stereocenters. The summed E-state index contributed by atoms with van der Waals surface area (Å²) in [5.41, 5.74) is 0.293. The lowest BCUT2D eigenvalue weighted by molar-refractivity contribution is -0.385. The van der Waals surface area contributed by atoms with Crippen LogP contribution in [-0.2, 0) is 13.5 Å². The summed E-state index contributed by atoms with van der Waals surface area (Å²) in [6.45, 7) is 1.89. The third-order valence-corrected chi connectivity index (χ3v) is 2.24. The van der Waals surface area contributed by atoms with E-state index in [-0.39, 0.29) is 11.4 Å². The van der Waals surface area contributed by atoms with Crippen molar-refractivity contribution in [3.05, 3.63) is 27.6 Å². The fraction of sp³-hybridized carbons (Fsp3) is 0.444. The Hall–Kier alpha value is -1.85. The molecule has 0 bridgehead atoms. The van der Waals surface area contributed by atoms with E-state index in [1.54, 1.807) is 0 Å². The molecule has 6 heteroatoms. The van der Waals surface area contributed by atoms with Crippen molar-refractivity contribution >= 4 is 11.7 Å². The Morgan fingerprint density at radius 3 is 2.67 bits per heavy atom. The molecule has 0 saturated carbocycles. The van der Waals surface area contributed by atoms with Crippen LogP contribution in [0.4, 0.5) is 5.69 Å². The first-order valence-electron chi connectivity index (χ1n) is 4.55. The van der Waals surface area contributed by atoms with Gasteiger partial charge in [0.2, 0.25) is 0 Å². The Balaban J connectivity index is 3.32. The first kappa shape index (κ1) is 11.2. The fourth-order valence-corrected chi connectivity index (χ4v) is 1.52. The van der Waals surface area contributed by atoms with Crippen LogP contribution in [-0.4, -0.2) is 20.6 Å². The van der Waals surface area contributed by atoms with Gasteiger partial charge in [0.1, 0.15) is 5.69 Å². The van der Waals surface area contributed by atoms with E-state index in [1.165, 1.54) is 11.6 Å². The van der Waals surface area contributed by atoms with Crippen molar-refractivity contribution in [1.29, 1.82) is 0 Å². The Morgan fingerprint density at radius 1 is 1.67 bits per heavy atom. The van der Waals surface area contributed by atoms with E-state index < -0.39 is 10.9 Å².